The molecule has 0 aliphatic rings. The van der Waals surface area contributed by atoms with Crippen LogP contribution in [0.25, 0.3) is 186 Å². The van der Waals surface area contributed by atoms with Gasteiger partial charge in [0.1, 0.15) is 34.2 Å². The second-order valence-electron chi connectivity index (χ2n) is 34.6. The van der Waals surface area contributed by atoms with E-state index >= 15 is 0 Å². The van der Waals surface area contributed by atoms with Crippen molar-refractivity contribution >= 4 is 32.3 Å². The molecule has 12 heterocycles. The van der Waals surface area contributed by atoms with Crippen LogP contribution in [0.3, 0.4) is 0 Å². The molecule has 18 nitrogen and oxygen atoms in total. The van der Waals surface area contributed by atoms with Crippen LogP contribution in [0.5, 0.6) is 0 Å². The van der Waals surface area contributed by atoms with Crippen molar-refractivity contribution in [2.75, 3.05) is 0 Å². The molecule has 0 saturated carbocycles. The van der Waals surface area contributed by atoms with Crippen LogP contribution in [-0.4, -0.2) is 89.1 Å². The normalized spacial score (nSPS) is 11.6. The number of hydrogen-bond acceptors (Lipinski definition) is 15. The van der Waals surface area contributed by atoms with Gasteiger partial charge in [-0.15, -0.1) is 30.6 Å². The molecule has 9 aromatic carbocycles. The molecule has 21 rings (SSSR count). The number of fused-ring (bicyclic) bond motifs is 4. The maximum Gasteiger partial charge on any atom is 0.187 e. The highest BCUT2D eigenvalue weighted by molar-refractivity contribution is 6.13. The average molecular weight is 1680 g/mol. The Morgan fingerprint density at radius 1 is 0.186 bits per heavy atom. The number of aromatic nitrogens is 18. The van der Waals surface area contributed by atoms with Crippen molar-refractivity contribution in [2.24, 2.45) is 0 Å². The fourth-order valence-electron chi connectivity index (χ4n) is 16.0. The van der Waals surface area contributed by atoms with Crippen LogP contribution in [0.15, 0.2) is 383 Å². The van der Waals surface area contributed by atoms with Crippen molar-refractivity contribution in [3.05, 3.63) is 399 Å². The minimum atomic E-state index is 0.0223. The van der Waals surface area contributed by atoms with Crippen molar-refractivity contribution in [3.8, 4) is 154 Å². The van der Waals surface area contributed by atoms with Gasteiger partial charge in [0.05, 0.1) is 51.2 Å². The Labute approximate surface area is 748 Å². The highest BCUT2D eigenvalue weighted by Crippen LogP contribution is 2.40. The molecular formula is C111H90N18. The van der Waals surface area contributed by atoms with Crippen LogP contribution in [0.2, 0.25) is 0 Å². The predicted molar refractivity (Wildman–Crippen MR) is 518 cm³/mol. The molecular weight excluding hydrogens is 1590 g/mol. The summed E-state index contributed by atoms with van der Waals surface area (Å²) in [5.74, 6) is 3.83. The van der Waals surface area contributed by atoms with E-state index in [0.717, 1.165) is 113 Å². The number of benzene rings is 9. The molecule has 624 valence electrons. The summed E-state index contributed by atoms with van der Waals surface area (Å²) in [6.07, 6.45) is 5.32. The minimum absolute atomic E-state index is 0.0223. The van der Waals surface area contributed by atoms with Gasteiger partial charge in [-0.05, 0) is 217 Å². The van der Waals surface area contributed by atoms with Crippen molar-refractivity contribution in [2.45, 2.75) is 78.6 Å². The maximum absolute atomic E-state index is 5.23. The first kappa shape index (κ1) is 82.2. The zero-order chi connectivity index (χ0) is 88.2. The molecule has 18 heteroatoms. The third-order valence-corrected chi connectivity index (χ3v) is 22.8. The van der Waals surface area contributed by atoms with Gasteiger partial charge in [-0.1, -0.05) is 275 Å². The highest BCUT2D eigenvalue weighted by Gasteiger charge is 2.27. The molecule has 0 saturated heterocycles. The summed E-state index contributed by atoms with van der Waals surface area (Å²) < 4.78 is 6.14. The van der Waals surface area contributed by atoms with E-state index in [1.54, 1.807) is 18.6 Å². The number of pyridine rings is 9. The van der Waals surface area contributed by atoms with E-state index in [9.17, 15) is 0 Å². The quantitative estimate of drug-likeness (QED) is 0.0875. The molecule has 0 spiro atoms. The summed E-state index contributed by atoms with van der Waals surface area (Å²) in [7, 11) is 0. The molecule has 0 aliphatic heterocycles. The van der Waals surface area contributed by atoms with Gasteiger partial charge >= 0.3 is 0 Å². The number of nitrogens with zero attached hydrogens (tertiary/aromatic N) is 18. The Kier molecular flexibility index (Phi) is 22.5. The second-order valence-corrected chi connectivity index (χ2v) is 34.6. The molecule has 0 amide bonds. The van der Waals surface area contributed by atoms with Gasteiger partial charge in [-0.25, -0.2) is 29.9 Å². The number of hydrogen-bond donors (Lipinski definition) is 0. The minimum Gasteiger partial charge on any atom is -0.272 e. The molecule has 0 aliphatic carbocycles. The average Bonchev–Trinajstić information content (AvgIpc) is 1.54. The molecule has 0 unspecified atom stereocenters. The van der Waals surface area contributed by atoms with Gasteiger partial charge in [0.2, 0.25) is 0 Å². The smallest absolute Gasteiger partial charge is 0.187 e. The molecule has 12 aromatic heterocycles. The van der Waals surface area contributed by atoms with Crippen LogP contribution in [0.4, 0.5) is 0 Å². The lowest BCUT2D eigenvalue weighted by Gasteiger charge is -2.20. The summed E-state index contributed by atoms with van der Waals surface area (Å²) in [5.41, 5.74) is 21.5. The van der Waals surface area contributed by atoms with Crippen LogP contribution in [0.1, 0.15) is 79.0 Å². The van der Waals surface area contributed by atoms with Gasteiger partial charge in [0, 0.05) is 52.3 Å². The van der Waals surface area contributed by atoms with E-state index in [4.69, 9.17) is 45.2 Å². The van der Waals surface area contributed by atoms with Crippen molar-refractivity contribution in [1.82, 2.24) is 89.1 Å². The van der Waals surface area contributed by atoms with Crippen LogP contribution >= 0.6 is 0 Å². The van der Waals surface area contributed by atoms with E-state index in [2.05, 4.69) is 285 Å². The Morgan fingerprint density at radius 3 is 0.829 bits per heavy atom. The summed E-state index contributed by atoms with van der Waals surface area (Å²) in [6.45, 7) is 19.9. The zero-order valence-electron chi connectivity index (χ0n) is 72.9. The van der Waals surface area contributed by atoms with Gasteiger partial charge in [0.25, 0.3) is 0 Å². The third-order valence-electron chi connectivity index (χ3n) is 22.8. The van der Waals surface area contributed by atoms with E-state index in [0.29, 0.717) is 52.0 Å². The topological polar surface area (TPSA) is 208 Å². The molecule has 0 N–H and O–H groups in total. The van der Waals surface area contributed by atoms with E-state index in [1.165, 1.54) is 38.2 Å². The lowest BCUT2D eigenvalue weighted by molar-refractivity contribution is 0.590. The first-order valence-electron chi connectivity index (χ1n) is 43.1. The molecule has 0 bridgehead atoms. The standard InChI is InChI=1S/C41H32N6.C37H30N6.C33H28N6/c1-41(2,3)28-21-23-29(24-22-28)47-39(45-46-40(47)38-20-11-18-36(44-38)35-16-8-9-25-42-35)37-19-10-17-34(43-37)33-26-27-12-4-5-13-30(27)31-14-6-7-15-32(31)33;1-37(2,3)26-20-22-27(23-21-26)43-35(41-42-36(43)34-19-10-17-32(40-34)31-15-6-7-24-38-31)33-18-9-16-30(39-33)29-14-8-12-25-11-4-5-13-28(25)29;1-33(2,3)24-18-20-25(21-19-24)39-31(29-16-9-14-26(35-29)23-11-5-4-6-12-23)37-38-32(39)30-17-10-15-28(36-30)27-13-7-8-22-34-27/h4-26H,1-3H3;4-24H,1-3H3;4-22H,1-3H3. The lowest BCUT2D eigenvalue weighted by atomic mass is 9.87. The van der Waals surface area contributed by atoms with Crippen LogP contribution in [0, 0.1) is 0 Å². The summed E-state index contributed by atoms with van der Waals surface area (Å²) in [5, 5.41) is 35.3. The number of rotatable bonds is 15. The second kappa shape index (κ2) is 35.3. The Hall–Kier alpha value is -16.5. The summed E-state index contributed by atoms with van der Waals surface area (Å²) in [6, 6.07) is 123. The lowest BCUT2D eigenvalue weighted by Crippen LogP contribution is -2.11. The molecule has 129 heavy (non-hydrogen) atoms. The Bertz CT molecular complexity index is 7480. The van der Waals surface area contributed by atoms with Crippen molar-refractivity contribution in [1.29, 1.82) is 0 Å². The van der Waals surface area contributed by atoms with E-state index in [1.807, 2.05) is 185 Å². The van der Waals surface area contributed by atoms with Crippen molar-refractivity contribution < 1.29 is 0 Å². The fraction of sp³-hybridized carbons (Fsp3) is 0.108. The van der Waals surface area contributed by atoms with Crippen LogP contribution < -0.4 is 0 Å². The van der Waals surface area contributed by atoms with Gasteiger partial charge in [-0.3, -0.25) is 28.7 Å². The van der Waals surface area contributed by atoms with Gasteiger partial charge in [0.15, 0.2) is 34.9 Å². The molecule has 0 radical (unpaired) electrons. The summed E-state index contributed by atoms with van der Waals surface area (Å²) in [4.78, 5) is 43.7. The van der Waals surface area contributed by atoms with Crippen LogP contribution in [-0.2, 0) is 16.2 Å². The summed E-state index contributed by atoms with van der Waals surface area (Å²) >= 11 is 0. The monoisotopic (exact) mass is 1670 g/mol. The molecule has 0 atom stereocenters. The first-order valence-corrected chi connectivity index (χ1v) is 43.1. The molecule has 0 fully saturated rings. The van der Waals surface area contributed by atoms with E-state index < -0.39 is 0 Å². The van der Waals surface area contributed by atoms with E-state index in [-0.39, 0.29) is 16.2 Å². The fourth-order valence-corrected chi connectivity index (χ4v) is 16.0. The highest BCUT2D eigenvalue weighted by atomic mass is 15.3. The van der Waals surface area contributed by atoms with Gasteiger partial charge < -0.3 is 0 Å². The Balaban J connectivity index is 0.000000126. The zero-order valence-corrected chi connectivity index (χ0v) is 72.9. The maximum atomic E-state index is 5.23. The first-order chi connectivity index (χ1) is 62.9. The van der Waals surface area contributed by atoms with Gasteiger partial charge in [-0.2, -0.15) is 0 Å². The predicted octanol–water partition coefficient (Wildman–Crippen LogP) is 25.7. The molecule has 21 aromatic rings. The third kappa shape index (κ3) is 17.4. The SMILES string of the molecule is CC(C)(C)c1ccc(-n2c(-c3cccc(-c4ccccc4)n3)nnc2-c2cccc(-c3ccccn3)n2)cc1.CC(C)(C)c1ccc(-n2c(-c3cccc(-c4ccccn4)n3)nnc2-c2cccc(-c3cc4ccccc4c4ccccc34)n2)cc1.CC(C)(C)c1ccc(-n2c(-c3cccc(-c4ccccn4)n3)nnc2-c2cccc(-c3cccc4ccccc34)n2)cc1. The Morgan fingerprint density at radius 2 is 0.457 bits per heavy atom. The largest absolute Gasteiger partial charge is 0.272 e. The van der Waals surface area contributed by atoms with Crippen molar-refractivity contribution in [3.63, 3.8) is 0 Å².